The van der Waals surface area contributed by atoms with Gasteiger partial charge in [-0.05, 0) is 31.0 Å². The van der Waals surface area contributed by atoms with Gasteiger partial charge in [-0.15, -0.1) is 11.3 Å². The number of fused-ring (bicyclic) bond motifs is 1. The van der Waals surface area contributed by atoms with Gasteiger partial charge in [0, 0.05) is 5.39 Å². The number of primary amides is 1. The number of rotatable bonds is 5. The molecule has 0 saturated carbocycles. The number of nitrogens with zero attached hydrogens (tertiary/aromatic N) is 3. The number of amides is 2. The summed E-state index contributed by atoms with van der Waals surface area (Å²) in [7, 11) is 0. The molecule has 0 saturated heterocycles. The fourth-order valence-corrected chi connectivity index (χ4v) is 4.54. The fraction of sp³-hybridized carbons (Fsp3) is 0.182. The molecule has 4 rings (SSSR count). The Labute approximate surface area is 200 Å². The van der Waals surface area contributed by atoms with Gasteiger partial charge in [0.2, 0.25) is 5.91 Å². The molecule has 0 aliphatic rings. The Balaban J connectivity index is 1.90. The molecule has 0 unspecified atom stereocenters. The van der Waals surface area contributed by atoms with Crippen LogP contribution in [0.25, 0.3) is 21.3 Å². The minimum atomic E-state index is -4.72. The molecular formula is C22H17ClF3N5O2S. The van der Waals surface area contributed by atoms with Crippen molar-refractivity contribution in [2.24, 2.45) is 5.73 Å². The average molecular weight is 508 g/mol. The molecule has 12 heteroatoms. The van der Waals surface area contributed by atoms with Crippen LogP contribution in [0.1, 0.15) is 26.6 Å². The second-order valence-corrected chi connectivity index (χ2v) is 8.96. The summed E-state index contributed by atoms with van der Waals surface area (Å²) in [5.41, 5.74) is 6.48. The second-order valence-electron chi connectivity index (χ2n) is 7.55. The number of halogens is 4. The van der Waals surface area contributed by atoms with E-state index in [1.165, 1.54) is 10.9 Å². The first kappa shape index (κ1) is 23.7. The number of nitrogens with one attached hydrogen (secondary N) is 1. The number of thiophene rings is 1. The normalized spacial score (nSPS) is 11.7. The molecule has 3 heterocycles. The number of anilines is 1. The maximum absolute atomic E-state index is 13.6. The molecule has 2 amide bonds. The van der Waals surface area contributed by atoms with Gasteiger partial charge in [0.1, 0.15) is 21.9 Å². The highest BCUT2D eigenvalue weighted by Gasteiger charge is 2.35. The third kappa shape index (κ3) is 4.48. The lowest BCUT2D eigenvalue weighted by Gasteiger charge is -2.13. The smallest absolute Gasteiger partial charge is 0.365 e. The van der Waals surface area contributed by atoms with Crippen molar-refractivity contribution < 1.29 is 22.8 Å². The lowest BCUT2D eigenvalue weighted by molar-refractivity contribution is -0.140. The molecule has 0 bridgehead atoms. The van der Waals surface area contributed by atoms with E-state index in [0.717, 1.165) is 11.6 Å². The fourth-order valence-electron chi connectivity index (χ4n) is 3.40. The van der Waals surface area contributed by atoms with Crippen LogP contribution in [0.15, 0.2) is 36.5 Å². The number of aryl methyl sites for hydroxylation is 1. The number of nitrogens with two attached hydrogens (primary N) is 1. The Morgan fingerprint density at radius 3 is 2.44 bits per heavy atom. The van der Waals surface area contributed by atoms with Gasteiger partial charge in [0.15, 0.2) is 0 Å². The van der Waals surface area contributed by atoms with Crippen molar-refractivity contribution in [2.75, 3.05) is 5.32 Å². The Hall–Kier alpha value is -3.44. The van der Waals surface area contributed by atoms with Crippen LogP contribution >= 0.6 is 22.9 Å². The molecule has 0 aliphatic heterocycles. The van der Waals surface area contributed by atoms with Crippen LogP contribution in [-0.2, 0) is 17.5 Å². The van der Waals surface area contributed by atoms with E-state index in [-0.39, 0.29) is 32.9 Å². The van der Waals surface area contributed by atoms with E-state index >= 15 is 0 Å². The van der Waals surface area contributed by atoms with Gasteiger partial charge >= 0.3 is 6.18 Å². The zero-order chi connectivity index (χ0) is 24.8. The Morgan fingerprint density at radius 2 is 1.88 bits per heavy atom. The summed E-state index contributed by atoms with van der Waals surface area (Å²) in [6.07, 6.45) is -3.33. The molecule has 1 aromatic carbocycles. The number of pyridine rings is 1. The second kappa shape index (κ2) is 8.73. The highest BCUT2D eigenvalue weighted by molar-refractivity contribution is 7.21. The molecule has 4 aromatic rings. The number of hydrogen-bond acceptors (Lipinski definition) is 5. The van der Waals surface area contributed by atoms with Crippen LogP contribution in [0.3, 0.4) is 0 Å². The standard InChI is InChI=1S/C22H17ClF3N5O2S/c1-10-3-5-12(6-4-10)13-7-15(22(24,25)26)29-21-17(13)18(19(34-21)20(27)33)30-16(32)9-31-11(2)14(23)8-28-31/h3-8H,9H2,1-2H3,(H2,27,33)(H,30,32). The van der Waals surface area contributed by atoms with Crippen LogP contribution < -0.4 is 11.1 Å². The van der Waals surface area contributed by atoms with Gasteiger partial charge in [-0.3, -0.25) is 14.3 Å². The monoisotopic (exact) mass is 507 g/mol. The minimum Gasteiger partial charge on any atom is -0.365 e. The largest absolute Gasteiger partial charge is 0.433 e. The summed E-state index contributed by atoms with van der Waals surface area (Å²) in [6.45, 7) is 3.29. The molecule has 0 spiro atoms. The van der Waals surface area contributed by atoms with E-state index in [4.69, 9.17) is 17.3 Å². The molecule has 0 fully saturated rings. The lowest BCUT2D eigenvalue weighted by Crippen LogP contribution is -2.22. The van der Waals surface area contributed by atoms with Crippen LogP contribution in [-0.4, -0.2) is 26.6 Å². The minimum absolute atomic E-state index is 0.00482. The highest BCUT2D eigenvalue weighted by Crippen LogP contribution is 2.43. The molecule has 3 N–H and O–H groups in total. The molecule has 0 aliphatic carbocycles. The lowest BCUT2D eigenvalue weighted by atomic mass is 10.00. The first-order valence-electron chi connectivity index (χ1n) is 9.85. The van der Waals surface area contributed by atoms with E-state index in [2.05, 4.69) is 15.4 Å². The highest BCUT2D eigenvalue weighted by atomic mass is 35.5. The quantitative estimate of drug-likeness (QED) is 0.388. The summed E-state index contributed by atoms with van der Waals surface area (Å²) in [6, 6.07) is 7.72. The van der Waals surface area contributed by atoms with Crippen molar-refractivity contribution in [2.45, 2.75) is 26.6 Å². The van der Waals surface area contributed by atoms with E-state index < -0.39 is 23.7 Å². The molecule has 3 aromatic heterocycles. The zero-order valence-corrected chi connectivity index (χ0v) is 19.4. The number of carbonyl (C=O) groups is 2. The summed E-state index contributed by atoms with van der Waals surface area (Å²) >= 11 is 6.66. The predicted molar refractivity (Wildman–Crippen MR) is 124 cm³/mol. The zero-order valence-electron chi connectivity index (χ0n) is 17.8. The van der Waals surface area contributed by atoms with Gasteiger partial charge in [-0.1, -0.05) is 41.4 Å². The van der Waals surface area contributed by atoms with E-state index in [1.54, 1.807) is 31.2 Å². The van der Waals surface area contributed by atoms with Crippen LogP contribution in [0.4, 0.5) is 18.9 Å². The third-order valence-electron chi connectivity index (χ3n) is 5.14. The van der Waals surface area contributed by atoms with Crippen molar-refractivity contribution in [1.29, 1.82) is 0 Å². The van der Waals surface area contributed by atoms with Crippen LogP contribution in [0.5, 0.6) is 0 Å². The van der Waals surface area contributed by atoms with Crippen molar-refractivity contribution in [1.82, 2.24) is 14.8 Å². The number of alkyl halides is 3. The first-order chi connectivity index (χ1) is 16.0. The maximum Gasteiger partial charge on any atom is 0.433 e. The molecule has 0 atom stereocenters. The summed E-state index contributed by atoms with van der Waals surface area (Å²) < 4.78 is 42.1. The van der Waals surface area contributed by atoms with E-state index in [0.29, 0.717) is 27.6 Å². The summed E-state index contributed by atoms with van der Waals surface area (Å²) in [5.74, 6) is -1.47. The number of hydrogen-bond donors (Lipinski definition) is 2. The maximum atomic E-state index is 13.6. The van der Waals surface area contributed by atoms with E-state index in [9.17, 15) is 22.8 Å². The topological polar surface area (TPSA) is 103 Å². The van der Waals surface area contributed by atoms with Gasteiger partial charge in [-0.2, -0.15) is 18.3 Å². The Bertz CT molecular complexity index is 1430. The molecule has 34 heavy (non-hydrogen) atoms. The third-order valence-corrected chi connectivity index (χ3v) is 6.61. The van der Waals surface area contributed by atoms with Crippen LogP contribution in [0.2, 0.25) is 5.02 Å². The molecule has 7 nitrogen and oxygen atoms in total. The average Bonchev–Trinajstić information content (AvgIpc) is 3.28. The SMILES string of the molecule is Cc1ccc(-c2cc(C(F)(F)F)nc3sc(C(N)=O)c(NC(=O)Cn4ncc(Cl)c4C)c23)cc1. The molecule has 0 radical (unpaired) electrons. The number of carbonyl (C=O) groups excluding carboxylic acids is 2. The van der Waals surface area contributed by atoms with Gasteiger partial charge in [-0.25, -0.2) is 4.98 Å². The summed E-state index contributed by atoms with van der Waals surface area (Å²) in [5, 5.41) is 7.21. The van der Waals surface area contributed by atoms with Crippen molar-refractivity contribution in [3.8, 4) is 11.1 Å². The Morgan fingerprint density at radius 1 is 1.21 bits per heavy atom. The van der Waals surface area contributed by atoms with Gasteiger partial charge in [0.05, 0.1) is 22.6 Å². The summed E-state index contributed by atoms with van der Waals surface area (Å²) in [4.78, 5) is 28.5. The Kier molecular flexibility index (Phi) is 6.09. The molecular weight excluding hydrogens is 491 g/mol. The van der Waals surface area contributed by atoms with Crippen molar-refractivity contribution >= 4 is 50.7 Å². The number of aromatic nitrogens is 3. The van der Waals surface area contributed by atoms with Crippen LogP contribution in [0, 0.1) is 13.8 Å². The predicted octanol–water partition coefficient (Wildman–Crippen LogP) is 5.19. The van der Waals surface area contributed by atoms with Gasteiger partial charge in [0.25, 0.3) is 5.91 Å². The van der Waals surface area contributed by atoms with Crippen molar-refractivity contribution in [3.05, 3.63) is 63.4 Å². The van der Waals surface area contributed by atoms with Crippen molar-refractivity contribution in [3.63, 3.8) is 0 Å². The van der Waals surface area contributed by atoms with E-state index in [1.807, 2.05) is 6.92 Å². The van der Waals surface area contributed by atoms with Gasteiger partial charge < -0.3 is 11.1 Å². The first-order valence-corrected chi connectivity index (χ1v) is 11.0. The molecule has 176 valence electrons. The number of benzene rings is 1.